The number of benzene rings is 1. The van der Waals surface area contributed by atoms with Gasteiger partial charge in [0.1, 0.15) is 5.82 Å². The minimum atomic E-state index is -0.507. The van der Waals surface area contributed by atoms with Crippen molar-refractivity contribution >= 4 is 28.3 Å². The van der Waals surface area contributed by atoms with Gasteiger partial charge in [-0.25, -0.2) is 4.39 Å². The van der Waals surface area contributed by atoms with Gasteiger partial charge < -0.3 is 10.8 Å². The van der Waals surface area contributed by atoms with E-state index in [0.29, 0.717) is 10.0 Å². The Morgan fingerprint density at radius 2 is 2.15 bits per heavy atom. The fraction of sp³-hybridized carbons (Fsp3) is 0.250. The summed E-state index contributed by atoms with van der Waals surface area (Å²) in [4.78, 5) is 0. The van der Waals surface area contributed by atoms with Gasteiger partial charge in [0.15, 0.2) is 0 Å². The van der Waals surface area contributed by atoms with Gasteiger partial charge in [-0.1, -0.05) is 6.07 Å². The van der Waals surface area contributed by atoms with Crippen molar-refractivity contribution in [2.45, 2.75) is 6.04 Å². The van der Waals surface area contributed by atoms with Crippen molar-refractivity contribution in [3.63, 3.8) is 0 Å². The fourth-order valence-electron chi connectivity index (χ4n) is 0.848. The molecule has 1 rings (SSSR count). The third-order valence-electron chi connectivity index (χ3n) is 1.57. The molecular formula is C8H10BrClFNO. The standard InChI is InChI=1S/C8H9BrFNO.ClH/c9-6-2-1-5(3-7(6)10)8(11)4-12;/h1-3,8,12H,4,11H2;1H. The van der Waals surface area contributed by atoms with Crippen molar-refractivity contribution in [1.82, 2.24) is 0 Å². The first-order valence-electron chi connectivity index (χ1n) is 3.46. The highest BCUT2D eigenvalue weighted by Crippen LogP contribution is 2.19. The number of halogens is 3. The van der Waals surface area contributed by atoms with Gasteiger partial charge in [0, 0.05) is 0 Å². The van der Waals surface area contributed by atoms with Gasteiger partial charge in [0.2, 0.25) is 0 Å². The summed E-state index contributed by atoms with van der Waals surface area (Å²) in [5, 5.41) is 8.69. The molecule has 2 nitrogen and oxygen atoms in total. The molecule has 0 saturated carbocycles. The molecule has 1 unspecified atom stereocenters. The largest absolute Gasteiger partial charge is 0.394 e. The molecule has 0 saturated heterocycles. The van der Waals surface area contributed by atoms with Crippen molar-refractivity contribution in [2.24, 2.45) is 5.73 Å². The van der Waals surface area contributed by atoms with Crippen LogP contribution in [0.1, 0.15) is 11.6 Å². The second kappa shape index (κ2) is 5.54. The van der Waals surface area contributed by atoms with Crippen molar-refractivity contribution in [2.75, 3.05) is 6.61 Å². The van der Waals surface area contributed by atoms with Crippen LogP contribution < -0.4 is 5.73 Å². The van der Waals surface area contributed by atoms with E-state index in [1.807, 2.05) is 0 Å². The summed E-state index contributed by atoms with van der Waals surface area (Å²) >= 11 is 3.02. The van der Waals surface area contributed by atoms with E-state index in [4.69, 9.17) is 10.8 Å². The molecule has 1 aromatic carbocycles. The Hall–Kier alpha value is -0.160. The molecule has 0 aliphatic carbocycles. The Kier molecular flexibility index (Phi) is 5.48. The van der Waals surface area contributed by atoms with E-state index in [0.717, 1.165) is 0 Å². The first kappa shape index (κ1) is 12.8. The minimum absolute atomic E-state index is 0. The van der Waals surface area contributed by atoms with E-state index < -0.39 is 6.04 Å². The minimum Gasteiger partial charge on any atom is -0.394 e. The molecule has 13 heavy (non-hydrogen) atoms. The Balaban J connectivity index is 0.00000144. The predicted molar refractivity (Wildman–Crippen MR) is 55.4 cm³/mol. The Bertz CT molecular complexity index is 285. The zero-order valence-electron chi connectivity index (χ0n) is 6.71. The van der Waals surface area contributed by atoms with Crippen molar-refractivity contribution in [3.8, 4) is 0 Å². The Morgan fingerprint density at radius 3 is 2.62 bits per heavy atom. The molecule has 0 fully saturated rings. The Morgan fingerprint density at radius 1 is 1.54 bits per heavy atom. The average Bonchev–Trinajstić information content (AvgIpc) is 2.08. The predicted octanol–water partition coefficient (Wildman–Crippen LogP) is 2.00. The molecule has 5 heteroatoms. The first-order chi connectivity index (χ1) is 5.65. The van der Waals surface area contributed by atoms with Crippen molar-refractivity contribution in [3.05, 3.63) is 34.1 Å². The molecule has 0 bridgehead atoms. The van der Waals surface area contributed by atoms with Crippen LogP contribution in [-0.4, -0.2) is 11.7 Å². The summed E-state index contributed by atoms with van der Waals surface area (Å²) in [7, 11) is 0. The van der Waals surface area contributed by atoms with E-state index in [1.54, 1.807) is 12.1 Å². The molecule has 0 spiro atoms. The van der Waals surface area contributed by atoms with Crippen LogP contribution in [0, 0.1) is 5.82 Å². The molecule has 0 aromatic heterocycles. The van der Waals surface area contributed by atoms with Crippen molar-refractivity contribution < 1.29 is 9.50 Å². The van der Waals surface area contributed by atoms with E-state index in [-0.39, 0.29) is 24.8 Å². The summed E-state index contributed by atoms with van der Waals surface area (Å²) in [6.45, 7) is -0.179. The molecule has 0 aliphatic heterocycles. The van der Waals surface area contributed by atoms with Crippen LogP contribution >= 0.6 is 28.3 Å². The van der Waals surface area contributed by atoms with Crippen LogP contribution in [-0.2, 0) is 0 Å². The van der Waals surface area contributed by atoms with Crippen LogP contribution in [0.15, 0.2) is 22.7 Å². The summed E-state index contributed by atoms with van der Waals surface area (Å²) in [5.41, 5.74) is 6.08. The van der Waals surface area contributed by atoms with Gasteiger partial charge in [-0.3, -0.25) is 0 Å². The van der Waals surface area contributed by atoms with Crippen LogP contribution in [0.25, 0.3) is 0 Å². The molecule has 0 radical (unpaired) electrons. The quantitative estimate of drug-likeness (QED) is 0.863. The SMILES string of the molecule is Cl.NC(CO)c1ccc(Br)c(F)c1. The van der Waals surface area contributed by atoms with Crippen LogP contribution in [0.2, 0.25) is 0 Å². The smallest absolute Gasteiger partial charge is 0.137 e. The highest BCUT2D eigenvalue weighted by molar-refractivity contribution is 9.10. The topological polar surface area (TPSA) is 46.2 Å². The van der Waals surface area contributed by atoms with E-state index in [1.165, 1.54) is 6.07 Å². The van der Waals surface area contributed by atoms with Gasteiger partial charge in [-0.2, -0.15) is 0 Å². The highest BCUT2D eigenvalue weighted by atomic mass is 79.9. The molecule has 0 aliphatic rings. The van der Waals surface area contributed by atoms with Gasteiger partial charge in [-0.05, 0) is 33.6 Å². The van der Waals surface area contributed by atoms with Crippen LogP contribution in [0.4, 0.5) is 4.39 Å². The zero-order valence-corrected chi connectivity index (χ0v) is 9.11. The summed E-state index contributed by atoms with van der Waals surface area (Å²) in [6.07, 6.45) is 0. The fourth-order valence-corrected chi connectivity index (χ4v) is 1.10. The molecule has 0 heterocycles. The lowest BCUT2D eigenvalue weighted by molar-refractivity contribution is 0.268. The third-order valence-corrected chi connectivity index (χ3v) is 2.21. The van der Waals surface area contributed by atoms with Crippen molar-refractivity contribution in [1.29, 1.82) is 0 Å². The number of hydrogen-bond acceptors (Lipinski definition) is 2. The molecular weight excluding hydrogens is 260 g/mol. The highest BCUT2D eigenvalue weighted by Gasteiger charge is 2.06. The number of nitrogens with two attached hydrogens (primary N) is 1. The summed E-state index contributed by atoms with van der Waals surface area (Å²) < 4.78 is 13.3. The monoisotopic (exact) mass is 269 g/mol. The molecule has 0 amide bonds. The number of aliphatic hydroxyl groups excluding tert-OH is 1. The maximum atomic E-state index is 12.9. The van der Waals surface area contributed by atoms with E-state index in [2.05, 4.69) is 15.9 Å². The molecule has 1 atom stereocenters. The second-order valence-electron chi connectivity index (χ2n) is 2.46. The Labute approximate surface area is 90.5 Å². The lowest BCUT2D eigenvalue weighted by Crippen LogP contribution is -2.14. The maximum Gasteiger partial charge on any atom is 0.137 e. The van der Waals surface area contributed by atoms with E-state index >= 15 is 0 Å². The van der Waals surface area contributed by atoms with Gasteiger partial charge in [0.05, 0.1) is 17.1 Å². The summed E-state index contributed by atoms with van der Waals surface area (Å²) in [5.74, 6) is -0.364. The lowest BCUT2D eigenvalue weighted by atomic mass is 10.1. The van der Waals surface area contributed by atoms with Gasteiger partial charge in [0.25, 0.3) is 0 Å². The first-order valence-corrected chi connectivity index (χ1v) is 4.26. The maximum absolute atomic E-state index is 12.9. The number of rotatable bonds is 2. The lowest BCUT2D eigenvalue weighted by Gasteiger charge is -2.08. The number of aliphatic hydroxyl groups is 1. The normalized spacial score (nSPS) is 12.0. The van der Waals surface area contributed by atoms with Crippen LogP contribution in [0.5, 0.6) is 0 Å². The molecule has 1 aromatic rings. The van der Waals surface area contributed by atoms with Gasteiger partial charge in [-0.15, -0.1) is 12.4 Å². The third kappa shape index (κ3) is 3.23. The average molecular weight is 271 g/mol. The summed E-state index contributed by atoms with van der Waals surface area (Å²) in [6, 6.07) is 4.05. The number of hydrogen-bond donors (Lipinski definition) is 2. The second-order valence-corrected chi connectivity index (χ2v) is 3.32. The van der Waals surface area contributed by atoms with E-state index in [9.17, 15) is 4.39 Å². The van der Waals surface area contributed by atoms with Crippen LogP contribution in [0.3, 0.4) is 0 Å². The van der Waals surface area contributed by atoms with Gasteiger partial charge >= 0.3 is 0 Å². The zero-order chi connectivity index (χ0) is 9.14. The molecule has 74 valence electrons. The molecule has 3 N–H and O–H groups in total.